The number of hydrogen-bond donors (Lipinski definition) is 2. The van der Waals surface area contributed by atoms with E-state index in [1.807, 2.05) is 6.92 Å². The number of carbonyl (C=O) groups is 3. The number of halogens is 1. The molecule has 2 N–H and O–H groups in total. The van der Waals surface area contributed by atoms with E-state index < -0.39 is 11.8 Å². The first kappa shape index (κ1) is 14.5. The molecule has 0 unspecified atom stereocenters. The quantitative estimate of drug-likeness (QED) is 0.854. The molecule has 3 amide bonds. The van der Waals surface area contributed by atoms with Crippen LogP contribution in [0.15, 0.2) is 24.3 Å². The second kappa shape index (κ2) is 5.42. The zero-order chi connectivity index (χ0) is 15.9. The number of carbonyl (C=O) groups excluding carboxylic acids is 3. The van der Waals surface area contributed by atoms with Gasteiger partial charge in [0, 0.05) is 11.8 Å². The van der Waals surface area contributed by atoms with Crippen LogP contribution in [0.3, 0.4) is 0 Å². The second-order valence-electron chi connectivity index (χ2n) is 5.07. The highest BCUT2D eigenvalue weighted by atomic mass is 35.5. The fraction of sp³-hybridized carbons (Fsp3) is 0.188. The molecule has 0 aromatic heterocycles. The topological polar surface area (TPSA) is 75.3 Å². The average molecular weight is 317 g/mol. The van der Waals surface area contributed by atoms with Crippen molar-refractivity contribution in [3.05, 3.63) is 40.4 Å². The first-order chi connectivity index (χ1) is 10.5. The van der Waals surface area contributed by atoms with Crippen LogP contribution >= 0.6 is 11.6 Å². The molecule has 0 bridgehead atoms. The average Bonchev–Trinajstić information content (AvgIpc) is 2.78. The Labute approximate surface area is 131 Å². The van der Waals surface area contributed by atoms with Crippen molar-refractivity contribution >= 4 is 45.8 Å². The second-order valence-corrected chi connectivity index (χ2v) is 5.44. The van der Waals surface area contributed by atoms with E-state index in [1.54, 1.807) is 24.3 Å². The zero-order valence-corrected chi connectivity index (χ0v) is 12.6. The number of benzene rings is 2. The van der Waals surface area contributed by atoms with Gasteiger partial charge in [-0.05, 0) is 11.8 Å². The Balaban J connectivity index is 2.30. The van der Waals surface area contributed by atoms with Crippen molar-refractivity contribution in [2.24, 2.45) is 0 Å². The molecule has 0 atom stereocenters. The Morgan fingerprint density at radius 3 is 2.45 bits per heavy atom. The maximum Gasteiger partial charge on any atom is 0.261 e. The van der Waals surface area contributed by atoms with Crippen LogP contribution in [0.5, 0.6) is 0 Å². The van der Waals surface area contributed by atoms with E-state index in [4.69, 9.17) is 11.6 Å². The van der Waals surface area contributed by atoms with Crippen LogP contribution in [0.1, 0.15) is 40.5 Å². The first-order valence-corrected chi connectivity index (χ1v) is 7.32. The number of nitrogens with one attached hydrogen (secondary N) is 2. The summed E-state index contributed by atoms with van der Waals surface area (Å²) in [5, 5.41) is 6.42. The molecule has 5 nitrogen and oxygen atoms in total. The van der Waals surface area contributed by atoms with Gasteiger partial charge in [-0.25, -0.2) is 0 Å². The van der Waals surface area contributed by atoms with Crippen molar-refractivity contribution < 1.29 is 14.4 Å². The van der Waals surface area contributed by atoms with Gasteiger partial charge in [0.1, 0.15) is 0 Å². The summed E-state index contributed by atoms with van der Waals surface area (Å²) < 4.78 is 0. The van der Waals surface area contributed by atoms with Crippen LogP contribution in [0.4, 0.5) is 5.69 Å². The van der Waals surface area contributed by atoms with Gasteiger partial charge >= 0.3 is 0 Å². The Morgan fingerprint density at radius 2 is 1.77 bits per heavy atom. The Hall–Kier alpha value is -2.40. The number of amides is 3. The smallest absolute Gasteiger partial charge is 0.261 e. The van der Waals surface area contributed by atoms with Crippen LogP contribution in [0.25, 0.3) is 10.8 Å². The fourth-order valence-corrected chi connectivity index (χ4v) is 2.94. The summed E-state index contributed by atoms with van der Waals surface area (Å²) in [7, 11) is 0. The van der Waals surface area contributed by atoms with E-state index in [0.29, 0.717) is 23.6 Å². The van der Waals surface area contributed by atoms with Crippen molar-refractivity contribution in [3.8, 4) is 0 Å². The summed E-state index contributed by atoms with van der Waals surface area (Å²) in [4.78, 5) is 36.1. The molecule has 1 aliphatic rings. The zero-order valence-electron chi connectivity index (χ0n) is 11.8. The highest BCUT2D eigenvalue weighted by molar-refractivity contribution is 6.42. The van der Waals surface area contributed by atoms with E-state index in [1.165, 1.54) is 0 Å². The summed E-state index contributed by atoms with van der Waals surface area (Å²) in [6.45, 7) is 1.88. The lowest BCUT2D eigenvalue weighted by atomic mass is 9.98. The predicted molar refractivity (Wildman–Crippen MR) is 84.3 cm³/mol. The molecule has 2 aromatic carbocycles. The van der Waals surface area contributed by atoms with Gasteiger partial charge in [-0.3, -0.25) is 19.7 Å². The largest absolute Gasteiger partial charge is 0.324 e. The third kappa shape index (κ3) is 2.14. The van der Waals surface area contributed by atoms with Gasteiger partial charge in [0.05, 0.1) is 21.8 Å². The lowest BCUT2D eigenvalue weighted by Crippen LogP contribution is -2.21. The molecule has 1 aliphatic heterocycles. The Kier molecular flexibility index (Phi) is 3.58. The van der Waals surface area contributed by atoms with Crippen molar-refractivity contribution in [2.75, 3.05) is 5.32 Å². The van der Waals surface area contributed by atoms with Crippen LogP contribution in [0.2, 0.25) is 5.02 Å². The lowest BCUT2D eigenvalue weighted by Gasteiger charge is -2.13. The molecule has 0 fully saturated rings. The first-order valence-electron chi connectivity index (χ1n) is 6.94. The van der Waals surface area contributed by atoms with Crippen LogP contribution in [-0.4, -0.2) is 17.7 Å². The molecule has 112 valence electrons. The minimum Gasteiger partial charge on any atom is -0.324 e. The van der Waals surface area contributed by atoms with Crippen molar-refractivity contribution in [3.63, 3.8) is 0 Å². The minimum absolute atomic E-state index is 0.137. The molecule has 1 heterocycles. The van der Waals surface area contributed by atoms with Gasteiger partial charge in [0.15, 0.2) is 0 Å². The maximum absolute atomic E-state index is 12.1. The summed E-state index contributed by atoms with van der Waals surface area (Å²) in [5.74, 6) is -1.26. The molecule has 3 rings (SSSR count). The molecular formula is C16H13ClN2O3. The Morgan fingerprint density at radius 1 is 1.14 bits per heavy atom. The van der Waals surface area contributed by atoms with E-state index >= 15 is 0 Å². The summed E-state index contributed by atoms with van der Waals surface area (Å²) >= 11 is 6.38. The van der Waals surface area contributed by atoms with Crippen molar-refractivity contribution in [1.29, 1.82) is 0 Å². The van der Waals surface area contributed by atoms with Gasteiger partial charge in [0.25, 0.3) is 11.8 Å². The molecular weight excluding hydrogens is 304 g/mol. The standard InChI is InChI=1S/C16H13ClN2O3/c1-2-5-10(20)18-14-12-11(15(21)19-16(12)22)8-6-3-4-7-9(8)13(14)17/h3-4,6-7H,2,5H2,1H3,(H,18,20)(H,19,21,22). The summed E-state index contributed by atoms with van der Waals surface area (Å²) in [6, 6.07) is 7.04. The van der Waals surface area contributed by atoms with E-state index in [-0.39, 0.29) is 27.7 Å². The minimum atomic E-state index is -0.542. The highest BCUT2D eigenvalue weighted by Crippen LogP contribution is 2.39. The van der Waals surface area contributed by atoms with E-state index in [0.717, 1.165) is 0 Å². The van der Waals surface area contributed by atoms with Crippen LogP contribution < -0.4 is 10.6 Å². The monoisotopic (exact) mass is 316 g/mol. The number of rotatable bonds is 3. The molecule has 22 heavy (non-hydrogen) atoms. The lowest BCUT2D eigenvalue weighted by molar-refractivity contribution is -0.116. The molecule has 0 saturated carbocycles. The molecule has 2 aromatic rings. The van der Waals surface area contributed by atoms with Crippen molar-refractivity contribution in [2.45, 2.75) is 19.8 Å². The summed E-state index contributed by atoms with van der Waals surface area (Å²) in [6.07, 6.45) is 0.984. The molecule has 0 spiro atoms. The van der Waals surface area contributed by atoms with Gasteiger partial charge in [-0.2, -0.15) is 0 Å². The predicted octanol–water partition coefficient (Wildman–Crippen LogP) is 3.12. The highest BCUT2D eigenvalue weighted by Gasteiger charge is 2.34. The summed E-state index contributed by atoms with van der Waals surface area (Å²) in [5.41, 5.74) is 0.604. The van der Waals surface area contributed by atoms with Crippen LogP contribution in [-0.2, 0) is 4.79 Å². The Bertz CT molecular complexity index is 830. The van der Waals surface area contributed by atoms with E-state index in [2.05, 4.69) is 10.6 Å². The molecule has 0 radical (unpaired) electrons. The normalized spacial score (nSPS) is 13.2. The van der Waals surface area contributed by atoms with Gasteiger partial charge in [-0.1, -0.05) is 42.8 Å². The van der Waals surface area contributed by atoms with Gasteiger partial charge in [0.2, 0.25) is 5.91 Å². The number of anilines is 1. The third-order valence-corrected chi connectivity index (χ3v) is 3.97. The molecule has 0 aliphatic carbocycles. The van der Waals surface area contributed by atoms with E-state index in [9.17, 15) is 14.4 Å². The SMILES string of the molecule is CCCC(=O)Nc1c2c(c3ccccc3c1Cl)C(=O)NC2=O. The fourth-order valence-electron chi connectivity index (χ4n) is 2.63. The molecule has 6 heteroatoms. The number of fused-ring (bicyclic) bond motifs is 3. The van der Waals surface area contributed by atoms with Gasteiger partial charge < -0.3 is 5.32 Å². The third-order valence-electron chi connectivity index (χ3n) is 3.58. The van der Waals surface area contributed by atoms with Crippen molar-refractivity contribution in [1.82, 2.24) is 5.32 Å². The number of hydrogen-bond acceptors (Lipinski definition) is 3. The van der Waals surface area contributed by atoms with Crippen LogP contribution in [0, 0.1) is 0 Å². The van der Waals surface area contributed by atoms with Gasteiger partial charge in [-0.15, -0.1) is 0 Å². The molecule has 0 saturated heterocycles. The number of imide groups is 1. The maximum atomic E-state index is 12.1.